The molecule has 0 aliphatic carbocycles. The first-order valence-corrected chi connectivity index (χ1v) is 11.1. The van der Waals surface area contributed by atoms with Crippen LogP contribution in [0.25, 0.3) is 0 Å². The lowest BCUT2D eigenvalue weighted by atomic mass is 10.0. The highest BCUT2D eigenvalue weighted by Gasteiger charge is 2.41. The molecule has 3 aromatic carbocycles. The largest absolute Gasteiger partial charge is 0.461 e. The molecule has 0 heterocycles. The standard InChI is InChI=1S/C20H9Cl5O3P/c21-12-7-4-8-13(22)15(12)20(27)29(28)19-14(23)9-11(16(24)17(19)25)18(26)10-5-2-1-3-6-10/h1-9H/q+1. The minimum atomic E-state index is -2.81. The molecule has 0 aliphatic rings. The van der Waals surface area contributed by atoms with Gasteiger partial charge in [-0.2, -0.15) is 0 Å². The number of ketones is 1. The summed E-state index contributed by atoms with van der Waals surface area (Å²) in [5, 5.41) is -0.618. The van der Waals surface area contributed by atoms with Gasteiger partial charge in [0.2, 0.25) is 5.30 Å². The van der Waals surface area contributed by atoms with Gasteiger partial charge in [-0.05, 0) is 18.2 Å². The topological polar surface area (TPSA) is 51.2 Å². The molecule has 0 N–H and O–H groups in total. The van der Waals surface area contributed by atoms with Crippen LogP contribution in [-0.4, -0.2) is 11.3 Å². The fourth-order valence-corrected chi connectivity index (χ4v) is 5.70. The lowest BCUT2D eigenvalue weighted by Crippen LogP contribution is -2.12. The Morgan fingerprint density at radius 2 is 1.31 bits per heavy atom. The molecule has 1 unspecified atom stereocenters. The zero-order valence-corrected chi connectivity index (χ0v) is 18.9. The van der Waals surface area contributed by atoms with Gasteiger partial charge in [0.25, 0.3) is 0 Å². The minimum absolute atomic E-state index is 0.0308. The zero-order chi connectivity index (χ0) is 21.3. The van der Waals surface area contributed by atoms with E-state index in [9.17, 15) is 14.2 Å². The van der Waals surface area contributed by atoms with Gasteiger partial charge in [0.15, 0.2) is 5.78 Å². The van der Waals surface area contributed by atoms with Gasteiger partial charge >= 0.3 is 13.3 Å². The highest BCUT2D eigenvalue weighted by molar-refractivity contribution is 7.72. The Hall–Kier alpha value is -1.45. The summed E-state index contributed by atoms with van der Waals surface area (Å²) in [4.78, 5) is 25.5. The highest BCUT2D eigenvalue weighted by atomic mass is 35.5. The van der Waals surface area contributed by atoms with Gasteiger partial charge in [-0.25, -0.2) is 4.79 Å². The summed E-state index contributed by atoms with van der Waals surface area (Å²) in [7, 11) is -2.81. The van der Waals surface area contributed by atoms with Crippen molar-refractivity contribution in [3.05, 3.63) is 96.4 Å². The van der Waals surface area contributed by atoms with Gasteiger partial charge in [0, 0.05) is 11.1 Å². The number of hydrogen-bond acceptors (Lipinski definition) is 3. The molecule has 3 nitrogen and oxygen atoms in total. The molecule has 0 saturated heterocycles. The molecule has 29 heavy (non-hydrogen) atoms. The predicted octanol–water partition coefficient (Wildman–Crippen LogP) is 7.48. The first-order valence-electron chi connectivity index (χ1n) is 7.96. The van der Waals surface area contributed by atoms with Gasteiger partial charge in [-0.15, -0.1) is 0 Å². The van der Waals surface area contributed by atoms with Gasteiger partial charge in [0.1, 0.15) is 10.6 Å². The van der Waals surface area contributed by atoms with E-state index >= 15 is 0 Å². The van der Waals surface area contributed by atoms with E-state index in [0.29, 0.717) is 5.56 Å². The first-order chi connectivity index (χ1) is 13.7. The molecule has 1 atom stereocenters. The molecule has 3 aromatic rings. The van der Waals surface area contributed by atoms with Crippen molar-refractivity contribution in [2.75, 3.05) is 0 Å². The Morgan fingerprint density at radius 3 is 1.90 bits per heavy atom. The molecular formula is C20H9Cl5O3P+. The smallest absolute Gasteiger partial charge is 0.289 e. The maximum Gasteiger partial charge on any atom is 0.461 e. The molecular weight excluding hydrogens is 496 g/mol. The summed E-state index contributed by atoms with van der Waals surface area (Å²) in [6, 6.07) is 14.1. The Kier molecular flexibility index (Phi) is 7.01. The fraction of sp³-hybridized carbons (Fsp3) is 0. The molecule has 0 spiro atoms. The van der Waals surface area contributed by atoms with E-state index in [1.807, 2.05) is 0 Å². The SMILES string of the molecule is O=C(c1ccccc1)c1cc(Cl)c([P+](=O)C(=O)c2c(Cl)cccc2Cl)c(Cl)c1Cl. The monoisotopic (exact) mass is 503 g/mol. The van der Waals surface area contributed by atoms with Crippen LogP contribution >= 0.6 is 65.8 Å². The first kappa shape index (κ1) is 22.2. The number of rotatable bonds is 5. The number of halogens is 5. The maximum atomic E-state index is 13.0. The molecule has 0 saturated carbocycles. The Morgan fingerprint density at radius 1 is 0.724 bits per heavy atom. The Labute approximate surface area is 192 Å². The number of carbonyl (C=O) groups is 2. The summed E-state index contributed by atoms with van der Waals surface area (Å²) in [5.74, 6) is -0.415. The molecule has 0 bridgehead atoms. The van der Waals surface area contributed by atoms with Gasteiger partial charge in [-0.3, -0.25) is 4.79 Å². The van der Waals surface area contributed by atoms with E-state index < -0.39 is 19.1 Å². The van der Waals surface area contributed by atoms with E-state index in [1.54, 1.807) is 36.4 Å². The molecule has 9 heteroatoms. The fourth-order valence-electron chi connectivity index (χ4n) is 2.59. The summed E-state index contributed by atoms with van der Waals surface area (Å²) in [6.45, 7) is 0. The average Bonchev–Trinajstić information content (AvgIpc) is 2.70. The lowest BCUT2D eigenvalue weighted by Gasteiger charge is -2.07. The van der Waals surface area contributed by atoms with Gasteiger partial charge in [0.05, 0.1) is 20.1 Å². The summed E-state index contributed by atoms with van der Waals surface area (Å²) >= 11 is 30.8. The minimum Gasteiger partial charge on any atom is -0.289 e. The third kappa shape index (κ3) is 4.36. The van der Waals surface area contributed by atoms with E-state index in [-0.39, 0.29) is 41.5 Å². The lowest BCUT2D eigenvalue weighted by molar-refractivity contribution is 0.103. The van der Waals surface area contributed by atoms with Crippen LogP contribution in [0.4, 0.5) is 0 Å². The molecule has 0 fully saturated rings. The van der Waals surface area contributed by atoms with Crippen molar-refractivity contribution in [3.8, 4) is 0 Å². The second-order valence-electron chi connectivity index (χ2n) is 5.77. The molecule has 3 rings (SSSR count). The van der Waals surface area contributed by atoms with E-state index in [2.05, 4.69) is 0 Å². The van der Waals surface area contributed by atoms with Crippen LogP contribution in [0, 0.1) is 0 Å². The van der Waals surface area contributed by atoms with Crippen LogP contribution in [0.2, 0.25) is 25.1 Å². The normalized spacial score (nSPS) is 11.3. The van der Waals surface area contributed by atoms with Crippen LogP contribution in [0.15, 0.2) is 54.6 Å². The molecule has 0 radical (unpaired) electrons. The van der Waals surface area contributed by atoms with Gasteiger partial charge < -0.3 is 0 Å². The van der Waals surface area contributed by atoms with Crippen LogP contribution < -0.4 is 5.30 Å². The maximum absolute atomic E-state index is 13.0. The van der Waals surface area contributed by atoms with Crippen molar-refractivity contribution in [1.82, 2.24) is 0 Å². The summed E-state index contributed by atoms with van der Waals surface area (Å²) in [6.07, 6.45) is 0. The zero-order valence-electron chi connectivity index (χ0n) is 14.3. The summed E-state index contributed by atoms with van der Waals surface area (Å²) in [5.41, 5.74) is -0.553. The molecule has 0 amide bonds. The molecule has 0 aromatic heterocycles. The van der Waals surface area contributed by atoms with Crippen LogP contribution in [-0.2, 0) is 4.57 Å². The predicted molar refractivity (Wildman–Crippen MR) is 119 cm³/mol. The van der Waals surface area contributed by atoms with Crippen molar-refractivity contribution in [3.63, 3.8) is 0 Å². The van der Waals surface area contributed by atoms with E-state index in [4.69, 9.17) is 58.0 Å². The van der Waals surface area contributed by atoms with Crippen LogP contribution in [0.3, 0.4) is 0 Å². The highest BCUT2D eigenvalue weighted by Crippen LogP contribution is 2.41. The van der Waals surface area contributed by atoms with Crippen LogP contribution in [0.1, 0.15) is 26.3 Å². The van der Waals surface area contributed by atoms with Crippen LogP contribution in [0.5, 0.6) is 0 Å². The van der Waals surface area contributed by atoms with E-state index in [1.165, 1.54) is 18.2 Å². The quantitative estimate of drug-likeness (QED) is 0.205. The van der Waals surface area contributed by atoms with Crippen molar-refractivity contribution in [2.24, 2.45) is 0 Å². The number of benzene rings is 3. The average molecular weight is 506 g/mol. The number of hydrogen-bond donors (Lipinski definition) is 0. The third-order valence-electron chi connectivity index (χ3n) is 3.98. The second-order valence-corrected chi connectivity index (χ2v) is 9.19. The van der Waals surface area contributed by atoms with Crippen molar-refractivity contribution in [1.29, 1.82) is 0 Å². The Bertz CT molecular complexity index is 1140. The third-order valence-corrected chi connectivity index (χ3v) is 7.50. The van der Waals surface area contributed by atoms with Crippen molar-refractivity contribution < 1.29 is 14.2 Å². The molecule has 0 aliphatic heterocycles. The Balaban J connectivity index is 2.08. The van der Waals surface area contributed by atoms with Crippen molar-refractivity contribution in [2.45, 2.75) is 0 Å². The van der Waals surface area contributed by atoms with Gasteiger partial charge in [-0.1, -0.05) is 99.0 Å². The van der Waals surface area contributed by atoms with Crippen molar-refractivity contribution >= 4 is 82.4 Å². The second kappa shape index (κ2) is 9.14. The molecule has 146 valence electrons. The van der Waals surface area contributed by atoms with E-state index in [0.717, 1.165) is 0 Å². The summed E-state index contributed by atoms with van der Waals surface area (Å²) < 4.78 is 13.0. The number of carbonyl (C=O) groups excluding carboxylic acids is 2.